The number of pyridine rings is 2. The van der Waals surface area contributed by atoms with Gasteiger partial charge in [-0.15, -0.1) is 0 Å². The Balaban J connectivity index is 1.54. The Morgan fingerprint density at radius 1 is 1.00 bits per heavy atom. The van der Waals surface area contributed by atoms with Gasteiger partial charge in [-0.2, -0.15) is 9.40 Å². The van der Waals surface area contributed by atoms with Crippen LogP contribution in [0.3, 0.4) is 0 Å². The van der Waals surface area contributed by atoms with Gasteiger partial charge in [0.1, 0.15) is 16.3 Å². The number of hydrogen-bond donors (Lipinski definition) is 0. The number of piperazine rings is 1. The maximum absolute atomic E-state index is 13.3. The molecule has 10 heteroatoms. The van der Waals surface area contributed by atoms with Crippen molar-refractivity contribution < 1.29 is 13.2 Å². The molecule has 9 nitrogen and oxygen atoms in total. The summed E-state index contributed by atoms with van der Waals surface area (Å²) >= 11 is 0. The topological polar surface area (TPSA) is 101 Å². The molecule has 1 aliphatic rings. The van der Waals surface area contributed by atoms with Crippen LogP contribution < -0.4 is 0 Å². The van der Waals surface area contributed by atoms with E-state index in [9.17, 15) is 13.2 Å². The maximum atomic E-state index is 13.3. The fourth-order valence-corrected chi connectivity index (χ4v) is 4.90. The predicted octanol–water partition coefficient (Wildman–Crippen LogP) is 1.02. The van der Waals surface area contributed by atoms with E-state index in [1.54, 1.807) is 60.9 Å². The van der Waals surface area contributed by atoms with E-state index >= 15 is 0 Å². The summed E-state index contributed by atoms with van der Waals surface area (Å²) in [5.74, 6) is -0.193. The van der Waals surface area contributed by atoms with E-state index in [0.29, 0.717) is 30.0 Å². The molecule has 0 unspecified atom stereocenters. The number of amides is 1. The normalized spacial score (nSPS) is 15.4. The van der Waals surface area contributed by atoms with Gasteiger partial charge in [-0.3, -0.25) is 19.4 Å². The maximum Gasteiger partial charge on any atom is 0.272 e. The number of carbonyl (C=O) groups excluding carboxylic acids is 1. The van der Waals surface area contributed by atoms with Crippen LogP contribution in [0.5, 0.6) is 0 Å². The summed E-state index contributed by atoms with van der Waals surface area (Å²) in [4.78, 5) is 22.4. The zero-order valence-electron chi connectivity index (χ0n) is 15.8. The Morgan fingerprint density at radius 3 is 2.38 bits per heavy atom. The van der Waals surface area contributed by atoms with Gasteiger partial charge >= 0.3 is 0 Å². The van der Waals surface area contributed by atoms with Crippen LogP contribution in [0.25, 0.3) is 11.3 Å². The molecule has 0 bridgehead atoms. The number of rotatable bonds is 4. The van der Waals surface area contributed by atoms with Gasteiger partial charge in [0.2, 0.25) is 10.0 Å². The van der Waals surface area contributed by atoms with Crippen LogP contribution in [-0.2, 0) is 17.1 Å². The third kappa shape index (κ3) is 3.76. The van der Waals surface area contributed by atoms with Crippen LogP contribution in [0, 0.1) is 0 Å². The zero-order chi connectivity index (χ0) is 20.4. The highest BCUT2D eigenvalue weighted by Gasteiger charge is 2.33. The summed E-state index contributed by atoms with van der Waals surface area (Å²) in [5, 5.41) is 4.34. The number of aryl methyl sites for hydroxylation is 1. The van der Waals surface area contributed by atoms with Crippen LogP contribution in [0.4, 0.5) is 0 Å². The lowest BCUT2D eigenvalue weighted by Gasteiger charge is -2.33. The van der Waals surface area contributed by atoms with Crippen molar-refractivity contribution in [3.63, 3.8) is 0 Å². The standard InChI is InChI=1S/C19H20N6O3S/c1-23-14-17(18(22-23)15-5-8-20-9-6-15)29(27,28)25-12-10-24(11-13-25)19(26)16-4-2-3-7-21-16/h2-9,14H,10-13H2,1H3. The van der Waals surface area contributed by atoms with Crippen LogP contribution in [-0.4, -0.2) is 69.5 Å². The van der Waals surface area contributed by atoms with E-state index in [-0.39, 0.29) is 23.9 Å². The molecule has 0 radical (unpaired) electrons. The SMILES string of the molecule is Cn1cc(S(=O)(=O)N2CCN(C(=O)c3ccccn3)CC2)c(-c2ccncc2)n1. The molecule has 0 saturated carbocycles. The van der Waals surface area contributed by atoms with Crippen molar-refractivity contribution in [1.82, 2.24) is 29.0 Å². The summed E-state index contributed by atoms with van der Waals surface area (Å²) in [6.45, 7) is 1.04. The highest BCUT2D eigenvalue weighted by molar-refractivity contribution is 7.89. The van der Waals surface area contributed by atoms with Crippen molar-refractivity contribution in [3.8, 4) is 11.3 Å². The monoisotopic (exact) mass is 412 g/mol. The van der Waals surface area contributed by atoms with Gasteiger partial charge in [0.25, 0.3) is 5.91 Å². The van der Waals surface area contributed by atoms with Crippen molar-refractivity contribution in [1.29, 1.82) is 0 Å². The second-order valence-corrected chi connectivity index (χ2v) is 8.57. The minimum absolute atomic E-state index is 0.149. The predicted molar refractivity (Wildman–Crippen MR) is 105 cm³/mol. The van der Waals surface area contributed by atoms with Gasteiger partial charge in [-0.1, -0.05) is 6.07 Å². The Labute approximate surface area is 168 Å². The molecule has 3 aromatic rings. The van der Waals surface area contributed by atoms with Gasteiger partial charge in [0, 0.05) is 63.6 Å². The van der Waals surface area contributed by atoms with Crippen LogP contribution >= 0.6 is 0 Å². The van der Waals surface area contributed by atoms with Crippen LogP contribution in [0.1, 0.15) is 10.5 Å². The van der Waals surface area contributed by atoms with Crippen molar-refractivity contribution >= 4 is 15.9 Å². The summed E-state index contributed by atoms with van der Waals surface area (Å²) in [6.07, 6.45) is 6.28. The van der Waals surface area contributed by atoms with Gasteiger partial charge in [0.15, 0.2) is 0 Å². The lowest BCUT2D eigenvalue weighted by atomic mass is 10.2. The Bertz CT molecular complexity index is 1110. The van der Waals surface area contributed by atoms with Gasteiger partial charge in [0.05, 0.1) is 0 Å². The van der Waals surface area contributed by atoms with Crippen molar-refractivity contribution in [2.45, 2.75) is 4.90 Å². The molecular formula is C19H20N6O3S. The fourth-order valence-electron chi connectivity index (χ4n) is 3.29. The molecule has 3 aromatic heterocycles. The molecule has 1 saturated heterocycles. The summed E-state index contributed by atoms with van der Waals surface area (Å²) in [5.41, 5.74) is 1.43. The Morgan fingerprint density at radius 2 is 1.72 bits per heavy atom. The number of carbonyl (C=O) groups is 1. The average molecular weight is 412 g/mol. The van der Waals surface area contributed by atoms with E-state index in [2.05, 4.69) is 15.1 Å². The van der Waals surface area contributed by atoms with Crippen molar-refractivity contribution in [3.05, 3.63) is 60.8 Å². The number of aromatic nitrogens is 4. The zero-order valence-corrected chi connectivity index (χ0v) is 16.7. The van der Waals surface area contributed by atoms with Crippen LogP contribution in [0.2, 0.25) is 0 Å². The van der Waals surface area contributed by atoms with Gasteiger partial charge < -0.3 is 4.90 Å². The Kier molecular flexibility index (Phi) is 5.12. The molecule has 0 aromatic carbocycles. The average Bonchev–Trinajstić information content (AvgIpc) is 3.17. The van der Waals surface area contributed by atoms with E-state index in [4.69, 9.17) is 0 Å². The number of sulfonamides is 1. The van der Waals surface area contributed by atoms with Crippen LogP contribution in [0.15, 0.2) is 60.0 Å². The molecule has 0 aliphatic carbocycles. The first kappa shape index (κ1) is 19.2. The fraction of sp³-hybridized carbons (Fsp3) is 0.263. The lowest BCUT2D eigenvalue weighted by molar-refractivity contribution is 0.0692. The quantitative estimate of drug-likeness (QED) is 0.634. The molecule has 0 N–H and O–H groups in total. The van der Waals surface area contributed by atoms with E-state index in [1.165, 1.54) is 15.2 Å². The minimum Gasteiger partial charge on any atom is -0.335 e. The first-order valence-electron chi connectivity index (χ1n) is 9.11. The molecule has 1 fully saturated rings. The molecule has 1 amide bonds. The smallest absolute Gasteiger partial charge is 0.272 e. The largest absolute Gasteiger partial charge is 0.335 e. The van der Waals surface area contributed by atoms with E-state index < -0.39 is 10.0 Å². The summed E-state index contributed by atoms with van der Waals surface area (Å²) in [6, 6.07) is 8.61. The third-order valence-electron chi connectivity index (χ3n) is 4.78. The van der Waals surface area contributed by atoms with E-state index in [1.807, 2.05) is 0 Å². The lowest BCUT2D eigenvalue weighted by Crippen LogP contribution is -2.50. The first-order valence-corrected chi connectivity index (χ1v) is 10.6. The van der Waals surface area contributed by atoms with Crippen molar-refractivity contribution in [2.24, 2.45) is 7.05 Å². The molecule has 4 heterocycles. The third-order valence-corrected chi connectivity index (χ3v) is 6.68. The second kappa shape index (κ2) is 7.72. The van der Waals surface area contributed by atoms with Gasteiger partial charge in [-0.05, 0) is 24.3 Å². The second-order valence-electron chi connectivity index (χ2n) is 6.66. The van der Waals surface area contributed by atoms with Gasteiger partial charge in [-0.25, -0.2) is 8.42 Å². The molecule has 0 spiro atoms. The molecule has 4 rings (SSSR count). The highest BCUT2D eigenvalue weighted by atomic mass is 32.2. The minimum atomic E-state index is -3.76. The molecule has 150 valence electrons. The highest BCUT2D eigenvalue weighted by Crippen LogP contribution is 2.28. The number of hydrogen-bond acceptors (Lipinski definition) is 6. The summed E-state index contributed by atoms with van der Waals surface area (Å²) < 4.78 is 29.5. The van der Waals surface area contributed by atoms with E-state index in [0.717, 1.165) is 0 Å². The summed E-state index contributed by atoms with van der Waals surface area (Å²) in [7, 11) is -2.07. The molecule has 0 atom stereocenters. The first-order chi connectivity index (χ1) is 14.0. The molecule has 1 aliphatic heterocycles. The molecule has 29 heavy (non-hydrogen) atoms. The number of nitrogens with zero attached hydrogens (tertiary/aromatic N) is 6. The molecular weight excluding hydrogens is 392 g/mol. The Hall–Kier alpha value is -3.11. The van der Waals surface area contributed by atoms with Crippen molar-refractivity contribution in [2.75, 3.05) is 26.2 Å².